The van der Waals surface area contributed by atoms with Crippen LogP contribution in [0.1, 0.15) is 34.1 Å². The Balaban J connectivity index is 0.000000516. The first-order valence-electron chi connectivity index (χ1n) is 9.81. The number of hydrogen-bond acceptors (Lipinski definition) is 2. The maximum atomic E-state index is 6.92. The van der Waals surface area contributed by atoms with Crippen molar-refractivity contribution in [2.75, 3.05) is 0 Å². The predicted octanol–water partition coefficient (Wildman–Crippen LogP) is 6.45. The minimum Gasteiger partial charge on any atom is -0.380 e. The summed E-state index contributed by atoms with van der Waals surface area (Å²) in [5, 5.41) is 5.52. The van der Waals surface area contributed by atoms with Crippen molar-refractivity contribution >= 4 is 52.6 Å². The molecule has 0 spiro atoms. The summed E-state index contributed by atoms with van der Waals surface area (Å²) in [4.78, 5) is 13.8. The van der Waals surface area contributed by atoms with E-state index in [-0.39, 0.29) is 0 Å². The van der Waals surface area contributed by atoms with Crippen molar-refractivity contribution < 1.29 is 9.79 Å². The molecule has 0 aromatic heterocycles. The van der Waals surface area contributed by atoms with Crippen molar-refractivity contribution in [3.63, 3.8) is 0 Å². The average molecular weight is 430 g/mol. The fourth-order valence-corrected chi connectivity index (χ4v) is 4.88. The molecule has 6 rings (SSSR count). The molecule has 2 aliphatic carbocycles. The van der Waals surface area contributed by atoms with E-state index in [0.29, 0.717) is 11.8 Å². The van der Waals surface area contributed by atoms with Gasteiger partial charge in [0.1, 0.15) is 0 Å². The Morgan fingerprint density at radius 2 is 0.867 bits per heavy atom. The van der Waals surface area contributed by atoms with E-state index in [1.165, 1.54) is 62.7 Å². The third-order valence-electron chi connectivity index (χ3n) is 6.01. The number of benzene rings is 4. The summed E-state index contributed by atoms with van der Waals surface area (Å²) >= 11 is 0. The molecule has 4 atom stereocenters. The SMILES string of the molecule is C1=CC(C2C=Cc3cccc4cccc2c34)c2cccc3cccc1c23.OP.OP. The Morgan fingerprint density at radius 3 is 1.27 bits per heavy atom. The highest BCUT2D eigenvalue weighted by Crippen LogP contribution is 2.46. The normalized spacial score (nSPS) is 17.7. The van der Waals surface area contributed by atoms with E-state index in [4.69, 9.17) is 9.79 Å². The van der Waals surface area contributed by atoms with Crippen molar-refractivity contribution in [2.45, 2.75) is 11.8 Å². The van der Waals surface area contributed by atoms with Crippen LogP contribution in [-0.4, -0.2) is 9.79 Å². The van der Waals surface area contributed by atoms with E-state index in [2.05, 4.69) is 97.1 Å². The Labute approximate surface area is 181 Å². The molecule has 0 saturated carbocycles. The van der Waals surface area contributed by atoms with E-state index in [9.17, 15) is 0 Å². The molecule has 0 heterocycles. The van der Waals surface area contributed by atoms with Gasteiger partial charge in [-0.3, -0.25) is 0 Å². The van der Waals surface area contributed by atoms with E-state index < -0.39 is 0 Å². The van der Waals surface area contributed by atoms with Crippen LogP contribution in [0.3, 0.4) is 0 Å². The molecule has 2 nitrogen and oxygen atoms in total. The molecule has 4 heteroatoms. The van der Waals surface area contributed by atoms with Crippen LogP contribution in [0.25, 0.3) is 33.7 Å². The molecule has 0 saturated heterocycles. The summed E-state index contributed by atoms with van der Waals surface area (Å²) in [5.41, 5.74) is 5.58. The van der Waals surface area contributed by atoms with Crippen molar-refractivity contribution in [3.8, 4) is 0 Å². The van der Waals surface area contributed by atoms with Crippen LogP contribution in [0.15, 0.2) is 84.9 Å². The lowest BCUT2D eigenvalue weighted by molar-refractivity contribution is 0.663. The molecule has 0 bridgehead atoms. The van der Waals surface area contributed by atoms with Gasteiger partial charge in [-0.05, 0) is 62.7 Å². The molecule has 30 heavy (non-hydrogen) atoms. The van der Waals surface area contributed by atoms with Crippen LogP contribution in [0.2, 0.25) is 0 Å². The molecular weight excluding hydrogens is 406 g/mol. The molecule has 4 aromatic carbocycles. The predicted molar refractivity (Wildman–Crippen MR) is 135 cm³/mol. The molecule has 0 amide bonds. The first kappa shape index (κ1) is 20.9. The van der Waals surface area contributed by atoms with E-state index in [1.807, 2.05) is 0 Å². The summed E-state index contributed by atoms with van der Waals surface area (Å²) < 4.78 is 0. The fraction of sp³-hybridized carbons (Fsp3) is 0.0769. The monoisotopic (exact) mass is 430 g/mol. The lowest BCUT2D eigenvalue weighted by Crippen LogP contribution is -2.13. The number of rotatable bonds is 1. The summed E-state index contributed by atoms with van der Waals surface area (Å²) in [5.74, 6) is 0.757. The molecule has 4 unspecified atom stereocenters. The molecule has 0 radical (unpaired) electrons. The van der Waals surface area contributed by atoms with Gasteiger partial charge in [-0.1, -0.05) is 97.1 Å². The largest absolute Gasteiger partial charge is 0.380 e. The summed E-state index contributed by atoms with van der Waals surface area (Å²) in [6, 6.07) is 26.7. The van der Waals surface area contributed by atoms with Gasteiger partial charge in [-0.25, -0.2) is 0 Å². The van der Waals surface area contributed by atoms with Crippen molar-refractivity contribution in [3.05, 3.63) is 107 Å². The van der Waals surface area contributed by atoms with Gasteiger partial charge in [0.15, 0.2) is 0 Å². The maximum absolute atomic E-state index is 6.92. The maximum Gasteiger partial charge on any atom is 0.0131 e. The zero-order chi connectivity index (χ0) is 21.1. The van der Waals surface area contributed by atoms with Gasteiger partial charge in [0.2, 0.25) is 0 Å². The lowest BCUT2D eigenvalue weighted by Gasteiger charge is -2.30. The van der Waals surface area contributed by atoms with Gasteiger partial charge in [-0.15, -0.1) is 0 Å². The van der Waals surface area contributed by atoms with Crippen molar-refractivity contribution in [2.24, 2.45) is 0 Å². The smallest absolute Gasteiger partial charge is 0.0131 e. The van der Waals surface area contributed by atoms with Gasteiger partial charge in [0.05, 0.1) is 0 Å². The van der Waals surface area contributed by atoms with Crippen molar-refractivity contribution in [1.29, 1.82) is 0 Å². The minimum atomic E-state index is 0.379. The topological polar surface area (TPSA) is 40.5 Å². The Kier molecular flexibility index (Phi) is 6.42. The quantitative estimate of drug-likeness (QED) is 0.341. The fourth-order valence-electron chi connectivity index (χ4n) is 4.88. The first-order chi connectivity index (χ1) is 14.9. The highest BCUT2D eigenvalue weighted by atomic mass is 31.0. The summed E-state index contributed by atoms with van der Waals surface area (Å²) in [7, 11) is 2.83. The third kappa shape index (κ3) is 3.41. The van der Waals surface area contributed by atoms with Crippen LogP contribution < -0.4 is 0 Å². The van der Waals surface area contributed by atoms with Crippen LogP contribution in [0, 0.1) is 0 Å². The van der Waals surface area contributed by atoms with E-state index >= 15 is 0 Å². The van der Waals surface area contributed by atoms with E-state index in [0.717, 1.165) is 0 Å². The standard InChI is InChI=1S/C26H18.2H3OP/c1-5-17-9-3-11-23-21(15-13-19(7-1)25(17)23)22-16-14-20-8-2-6-18-10-4-12-24(22)26(18)20;2*1-2/h1-16,21-22H;2*1H,2H2. The molecule has 2 aliphatic rings. The highest BCUT2D eigenvalue weighted by Gasteiger charge is 2.28. The van der Waals surface area contributed by atoms with Crippen LogP contribution in [0.5, 0.6) is 0 Å². The molecule has 2 N–H and O–H groups in total. The van der Waals surface area contributed by atoms with Gasteiger partial charge >= 0.3 is 0 Å². The van der Waals surface area contributed by atoms with Crippen LogP contribution in [-0.2, 0) is 0 Å². The molecule has 0 fully saturated rings. The van der Waals surface area contributed by atoms with Gasteiger partial charge < -0.3 is 9.79 Å². The van der Waals surface area contributed by atoms with Crippen LogP contribution in [0.4, 0.5) is 0 Å². The minimum absolute atomic E-state index is 0.379. The second-order valence-corrected chi connectivity index (χ2v) is 7.35. The summed E-state index contributed by atoms with van der Waals surface area (Å²) in [6.07, 6.45) is 9.43. The second-order valence-electron chi connectivity index (χ2n) is 7.35. The van der Waals surface area contributed by atoms with Crippen molar-refractivity contribution in [1.82, 2.24) is 0 Å². The average Bonchev–Trinajstić information content (AvgIpc) is 2.83. The Bertz CT molecular complexity index is 1150. The third-order valence-corrected chi connectivity index (χ3v) is 6.01. The molecule has 4 aromatic rings. The highest BCUT2D eigenvalue weighted by molar-refractivity contribution is 7.08. The summed E-state index contributed by atoms with van der Waals surface area (Å²) in [6.45, 7) is 0. The molecule has 0 aliphatic heterocycles. The second kappa shape index (κ2) is 9.21. The Morgan fingerprint density at radius 1 is 0.500 bits per heavy atom. The molecule has 150 valence electrons. The number of hydrogen-bond donors (Lipinski definition) is 2. The van der Waals surface area contributed by atoms with Crippen LogP contribution >= 0.6 is 18.9 Å². The number of allylic oxidation sites excluding steroid dienone is 2. The van der Waals surface area contributed by atoms with E-state index in [1.54, 1.807) is 0 Å². The molecular formula is C26H24O2P2. The lowest BCUT2D eigenvalue weighted by atomic mass is 9.73. The Hall–Kier alpha value is -2.34. The van der Waals surface area contributed by atoms with Gasteiger partial charge in [-0.2, -0.15) is 0 Å². The first-order valence-corrected chi connectivity index (χ1v) is 10.8. The zero-order valence-corrected chi connectivity index (χ0v) is 18.8. The zero-order valence-electron chi connectivity index (χ0n) is 16.4. The van der Waals surface area contributed by atoms with Gasteiger partial charge in [0, 0.05) is 11.8 Å². The van der Waals surface area contributed by atoms with Gasteiger partial charge in [0.25, 0.3) is 0 Å².